The molecule has 39 heavy (non-hydrogen) atoms. The average Bonchev–Trinajstić information content (AvgIpc) is 2.91. The molecule has 0 radical (unpaired) electrons. The Labute approximate surface area is 229 Å². The first-order chi connectivity index (χ1) is 18.8. The van der Waals surface area contributed by atoms with E-state index in [1.54, 1.807) is 6.08 Å². The summed E-state index contributed by atoms with van der Waals surface area (Å²) in [5, 5.41) is 0. The summed E-state index contributed by atoms with van der Waals surface area (Å²) in [7, 11) is -4.47. The fourth-order valence-electron chi connectivity index (χ4n) is 2.17. The Morgan fingerprint density at radius 3 is 1.90 bits per heavy atom. The lowest BCUT2D eigenvalue weighted by atomic mass is 10.2. The van der Waals surface area contributed by atoms with Crippen molar-refractivity contribution in [3.8, 4) is 0 Å². The molecule has 2 atom stereocenters. The van der Waals surface area contributed by atoms with Crippen LogP contribution in [0.5, 0.6) is 0 Å². The molecule has 1 unspecified atom stereocenters. The molecule has 0 saturated heterocycles. The maximum atomic E-state index is 12.1. The second-order valence-electron chi connectivity index (χ2n) is 7.38. The molecule has 0 bridgehead atoms. The van der Waals surface area contributed by atoms with Crippen LogP contribution in [0.4, 0.5) is 0 Å². The highest BCUT2D eigenvalue weighted by atomic mass is 31.2. The van der Waals surface area contributed by atoms with Crippen LogP contribution in [0.15, 0.2) is 81.6 Å². The van der Waals surface area contributed by atoms with Gasteiger partial charge in [-0.1, -0.05) is 49.6 Å². The van der Waals surface area contributed by atoms with Crippen LogP contribution < -0.4 is 5.73 Å². The second-order valence-corrected chi connectivity index (χ2v) is 8.84. The summed E-state index contributed by atoms with van der Waals surface area (Å²) in [6.07, 6.45) is 10.2. The van der Waals surface area contributed by atoms with Crippen molar-refractivity contribution in [2.75, 3.05) is 26.4 Å². The molecule has 0 aliphatic heterocycles. The highest BCUT2D eigenvalue weighted by molar-refractivity contribution is 7.47. The van der Waals surface area contributed by atoms with Crippen molar-refractivity contribution in [2.45, 2.75) is 58.5 Å². The van der Waals surface area contributed by atoms with Crippen molar-refractivity contribution in [3.05, 3.63) is 81.6 Å². The summed E-state index contributed by atoms with van der Waals surface area (Å²) in [4.78, 5) is 33.6. The summed E-state index contributed by atoms with van der Waals surface area (Å²) in [6, 6.07) is 0. The van der Waals surface area contributed by atoms with Crippen LogP contribution in [0, 0.1) is 0 Å². The molecule has 3 N–H and O–H groups in total. The van der Waals surface area contributed by atoms with E-state index in [4.69, 9.17) is 19.7 Å². The number of allylic oxidation sites excluding steroid dienone is 2. The van der Waals surface area contributed by atoms with Gasteiger partial charge in [0, 0.05) is 6.54 Å². The SMILES string of the molecule is CCCCC=C=C=C=C=C=CC(=O)OC[C@H](COP(=O)(O)OCCN)OC(=O)C=C=C=C=C=C=CCCCC. The van der Waals surface area contributed by atoms with E-state index in [1.807, 2.05) is 6.08 Å². The monoisotopic (exact) mass is 555 g/mol. The number of hydrogen-bond donors (Lipinski definition) is 2. The maximum Gasteiger partial charge on any atom is 0.472 e. The molecule has 0 spiro atoms. The fraction of sp³-hybridized carbons (Fsp3) is 0.448. The number of phosphoric ester groups is 1. The summed E-state index contributed by atoms with van der Waals surface area (Å²) in [5.41, 5.74) is 30.7. The molecule has 0 aromatic carbocycles. The molecule has 9 nitrogen and oxygen atoms in total. The van der Waals surface area contributed by atoms with Crippen LogP contribution in [-0.2, 0) is 32.7 Å². The predicted octanol–water partition coefficient (Wildman–Crippen LogP) is 4.58. The van der Waals surface area contributed by atoms with Gasteiger partial charge in [-0.2, -0.15) is 0 Å². The fourth-order valence-corrected chi connectivity index (χ4v) is 2.93. The van der Waals surface area contributed by atoms with Gasteiger partial charge >= 0.3 is 19.8 Å². The van der Waals surface area contributed by atoms with Gasteiger partial charge in [0.15, 0.2) is 6.10 Å². The number of carbonyl (C=O) groups excluding carboxylic acids is 2. The van der Waals surface area contributed by atoms with Gasteiger partial charge in [0.05, 0.1) is 25.4 Å². The molecule has 0 amide bonds. The lowest BCUT2D eigenvalue weighted by Gasteiger charge is -2.18. The average molecular weight is 556 g/mol. The zero-order valence-electron chi connectivity index (χ0n) is 22.3. The number of esters is 2. The zero-order valence-corrected chi connectivity index (χ0v) is 23.2. The molecule has 0 aliphatic rings. The lowest BCUT2D eigenvalue weighted by Crippen LogP contribution is -2.28. The van der Waals surface area contributed by atoms with E-state index in [0.717, 1.165) is 50.7 Å². The first-order valence-corrected chi connectivity index (χ1v) is 13.8. The molecule has 0 aliphatic carbocycles. The van der Waals surface area contributed by atoms with Crippen LogP contribution in [0.25, 0.3) is 0 Å². The van der Waals surface area contributed by atoms with Crippen LogP contribution in [0.1, 0.15) is 52.4 Å². The number of phosphoric acid groups is 1. The van der Waals surface area contributed by atoms with E-state index < -0.39 is 39.1 Å². The number of hydrogen-bond acceptors (Lipinski definition) is 8. The molecule has 208 valence electrons. The third-order valence-corrected chi connectivity index (χ3v) is 5.00. The predicted molar refractivity (Wildman–Crippen MR) is 144 cm³/mol. The van der Waals surface area contributed by atoms with Crippen molar-refractivity contribution in [3.63, 3.8) is 0 Å². The third kappa shape index (κ3) is 24.4. The number of unbranched alkanes of at least 4 members (excludes halogenated alkanes) is 4. The molecule has 0 fully saturated rings. The molecule has 0 aromatic heterocycles. The summed E-state index contributed by atoms with van der Waals surface area (Å²) in [5.74, 6) is -1.75. The van der Waals surface area contributed by atoms with Crippen molar-refractivity contribution >= 4 is 19.8 Å². The summed E-state index contributed by atoms with van der Waals surface area (Å²) >= 11 is 0. The van der Waals surface area contributed by atoms with E-state index in [9.17, 15) is 19.0 Å². The molecule has 0 saturated carbocycles. The van der Waals surface area contributed by atoms with Gasteiger partial charge in [-0.15, -0.1) is 0 Å². The number of rotatable bonds is 17. The standard InChI is InChI=1S/C29H34NO8P/c1-3-5-7-9-11-13-15-17-19-21-28(31)35-25-27(26-37-39(33,34)36-24-23-30)38-29(32)22-20-18-16-14-12-10-8-6-4-2/h9-10,21-22,27H,3-8,23-26,30H2,1-2H3,(H,33,34)/t27-/m1/s1. The topological polar surface area (TPSA) is 134 Å². The zero-order chi connectivity index (χ0) is 29.0. The molecular weight excluding hydrogens is 521 g/mol. The highest BCUT2D eigenvalue weighted by Gasteiger charge is 2.25. The van der Waals surface area contributed by atoms with Gasteiger partial charge in [0.25, 0.3) is 0 Å². The van der Waals surface area contributed by atoms with E-state index in [-0.39, 0.29) is 13.2 Å². The number of nitrogens with two attached hydrogens (primary N) is 1. The number of ether oxygens (including phenoxy) is 2. The van der Waals surface area contributed by atoms with E-state index in [2.05, 4.69) is 75.7 Å². The highest BCUT2D eigenvalue weighted by Crippen LogP contribution is 2.43. The molecule has 0 rings (SSSR count). The molecule has 0 heterocycles. The van der Waals surface area contributed by atoms with Gasteiger partial charge in [0.1, 0.15) is 6.61 Å². The van der Waals surface area contributed by atoms with Gasteiger partial charge < -0.3 is 20.1 Å². The van der Waals surface area contributed by atoms with Crippen molar-refractivity contribution in [2.24, 2.45) is 5.73 Å². The van der Waals surface area contributed by atoms with Gasteiger partial charge in [-0.05, 0) is 72.2 Å². The normalized spacial score (nSPS) is 11.2. The molecule has 10 heteroatoms. The Bertz CT molecular complexity index is 1250. The largest absolute Gasteiger partial charge is 0.472 e. The first kappa shape index (κ1) is 35.3. The second kappa shape index (κ2) is 24.6. The Hall–Kier alpha value is -3.71. The van der Waals surface area contributed by atoms with Crippen molar-refractivity contribution in [1.82, 2.24) is 0 Å². The smallest absolute Gasteiger partial charge is 0.458 e. The third-order valence-electron chi connectivity index (χ3n) is 4.02. The summed E-state index contributed by atoms with van der Waals surface area (Å²) < 4.78 is 31.4. The van der Waals surface area contributed by atoms with E-state index in [0.29, 0.717) is 0 Å². The van der Waals surface area contributed by atoms with Gasteiger partial charge in [-0.25, -0.2) is 14.2 Å². The van der Waals surface area contributed by atoms with Crippen molar-refractivity contribution in [1.29, 1.82) is 0 Å². The Kier molecular flexibility index (Phi) is 22.3. The Morgan fingerprint density at radius 2 is 1.36 bits per heavy atom. The minimum atomic E-state index is -4.47. The minimum absolute atomic E-state index is 0.0127. The van der Waals surface area contributed by atoms with Crippen molar-refractivity contribution < 1.29 is 37.6 Å². The molecular formula is C29H34NO8P. The van der Waals surface area contributed by atoms with Crippen LogP contribution >= 0.6 is 7.82 Å². The Morgan fingerprint density at radius 1 is 0.821 bits per heavy atom. The first-order valence-electron chi connectivity index (χ1n) is 12.4. The minimum Gasteiger partial charge on any atom is -0.458 e. The number of carbonyl (C=O) groups is 2. The molecule has 0 aromatic rings. The Balaban J connectivity index is 5.35. The van der Waals surface area contributed by atoms with Gasteiger partial charge in [-0.3, -0.25) is 9.05 Å². The van der Waals surface area contributed by atoms with E-state index >= 15 is 0 Å². The lowest BCUT2D eigenvalue weighted by molar-refractivity contribution is -0.154. The van der Waals surface area contributed by atoms with Crippen LogP contribution in [0.3, 0.4) is 0 Å². The summed E-state index contributed by atoms with van der Waals surface area (Å²) in [6.45, 7) is 2.80. The van der Waals surface area contributed by atoms with E-state index in [1.165, 1.54) is 0 Å². The van der Waals surface area contributed by atoms with Crippen LogP contribution in [-0.4, -0.2) is 49.3 Å². The quantitative estimate of drug-likeness (QED) is 0.0870. The van der Waals surface area contributed by atoms with Crippen LogP contribution in [0.2, 0.25) is 0 Å². The van der Waals surface area contributed by atoms with Gasteiger partial charge in [0.2, 0.25) is 0 Å². The maximum absolute atomic E-state index is 12.1.